The summed E-state index contributed by atoms with van der Waals surface area (Å²) in [5.41, 5.74) is 1.69. The van der Waals surface area contributed by atoms with Gasteiger partial charge in [0.25, 0.3) is 5.91 Å². The van der Waals surface area contributed by atoms with Crippen molar-refractivity contribution in [3.8, 4) is 5.75 Å². The molecule has 0 saturated carbocycles. The van der Waals surface area contributed by atoms with Crippen molar-refractivity contribution in [2.24, 2.45) is 0 Å². The first kappa shape index (κ1) is 19.1. The first-order valence-corrected chi connectivity index (χ1v) is 9.45. The second-order valence-electron chi connectivity index (χ2n) is 6.97. The van der Waals surface area contributed by atoms with Gasteiger partial charge in [0.05, 0.1) is 23.9 Å². The number of hydrogen-bond acceptors (Lipinski definition) is 5. The number of nitrogens with zero attached hydrogens (tertiary/aromatic N) is 2. The lowest BCUT2D eigenvalue weighted by Gasteiger charge is -2.24. The van der Waals surface area contributed by atoms with Crippen LogP contribution in [0, 0.1) is 6.92 Å². The Labute approximate surface area is 159 Å². The molecule has 6 heteroatoms. The average molecular weight is 370 g/mol. The summed E-state index contributed by atoms with van der Waals surface area (Å²) >= 11 is 0. The van der Waals surface area contributed by atoms with E-state index in [4.69, 9.17) is 9.47 Å². The van der Waals surface area contributed by atoms with Gasteiger partial charge in [0.2, 0.25) is 0 Å². The molecule has 144 valence electrons. The molecule has 27 heavy (non-hydrogen) atoms. The van der Waals surface area contributed by atoms with Crippen LogP contribution in [0.4, 0.5) is 0 Å². The molecule has 1 aliphatic rings. The minimum Gasteiger partial charge on any atom is -0.497 e. The van der Waals surface area contributed by atoms with Crippen LogP contribution in [-0.2, 0) is 9.53 Å². The summed E-state index contributed by atoms with van der Waals surface area (Å²) in [5, 5.41) is 0.819. The number of amides is 1. The Morgan fingerprint density at radius 2 is 1.81 bits per heavy atom. The maximum absolute atomic E-state index is 12.6. The fourth-order valence-corrected chi connectivity index (χ4v) is 3.40. The number of pyridine rings is 1. The number of aryl methyl sites for hydroxylation is 1. The summed E-state index contributed by atoms with van der Waals surface area (Å²) in [4.78, 5) is 31.5. The van der Waals surface area contributed by atoms with E-state index < -0.39 is 12.1 Å². The summed E-state index contributed by atoms with van der Waals surface area (Å²) in [6.45, 7) is 4.87. The van der Waals surface area contributed by atoms with Gasteiger partial charge < -0.3 is 14.4 Å². The van der Waals surface area contributed by atoms with Crippen molar-refractivity contribution in [2.45, 2.75) is 45.6 Å². The molecule has 1 saturated heterocycles. The fraction of sp³-hybridized carbons (Fsp3) is 0.476. The second kappa shape index (κ2) is 8.37. The molecule has 0 bridgehead atoms. The van der Waals surface area contributed by atoms with E-state index in [-0.39, 0.29) is 5.91 Å². The topological polar surface area (TPSA) is 68.7 Å². The lowest BCUT2D eigenvalue weighted by atomic mass is 10.1. The molecule has 1 atom stereocenters. The standard InChI is InChI=1S/C21H26N2O4/c1-14-18(12-16-8-9-17(26-3)13-19(16)22-14)21(25)27-15(2)20(24)23-10-6-4-5-7-11-23/h8-9,12-13,15H,4-7,10-11H2,1-3H3/t15-/m1/s1. The van der Waals surface area contributed by atoms with Gasteiger partial charge in [-0.3, -0.25) is 9.78 Å². The quantitative estimate of drug-likeness (QED) is 0.771. The molecule has 2 heterocycles. The highest BCUT2D eigenvalue weighted by atomic mass is 16.5. The molecule has 0 unspecified atom stereocenters. The Morgan fingerprint density at radius 1 is 1.11 bits per heavy atom. The molecule has 1 amide bonds. The number of rotatable bonds is 4. The molecule has 1 aromatic heterocycles. The zero-order valence-electron chi connectivity index (χ0n) is 16.2. The van der Waals surface area contributed by atoms with E-state index in [2.05, 4.69) is 4.98 Å². The van der Waals surface area contributed by atoms with Crippen molar-refractivity contribution in [3.05, 3.63) is 35.5 Å². The Balaban J connectivity index is 1.74. The van der Waals surface area contributed by atoms with Gasteiger partial charge >= 0.3 is 5.97 Å². The Hall–Kier alpha value is -2.63. The molecular weight excluding hydrogens is 344 g/mol. The molecule has 3 rings (SSSR count). The predicted octanol–water partition coefficient (Wildman–Crippen LogP) is 3.50. The van der Waals surface area contributed by atoms with Crippen molar-refractivity contribution in [3.63, 3.8) is 0 Å². The number of methoxy groups -OCH3 is 1. The molecule has 1 fully saturated rings. The van der Waals surface area contributed by atoms with E-state index in [0.29, 0.717) is 17.0 Å². The van der Waals surface area contributed by atoms with Crippen LogP contribution in [0.15, 0.2) is 24.3 Å². The molecule has 0 radical (unpaired) electrons. The number of hydrogen-bond donors (Lipinski definition) is 0. The summed E-state index contributed by atoms with van der Waals surface area (Å²) < 4.78 is 10.7. The summed E-state index contributed by atoms with van der Waals surface area (Å²) in [6, 6.07) is 7.24. The van der Waals surface area contributed by atoms with E-state index in [9.17, 15) is 9.59 Å². The number of ether oxygens (including phenoxy) is 2. The second-order valence-corrected chi connectivity index (χ2v) is 6.97. The highest BCUT2D eigenvalue weighted by Gasteiger charge is 2.25. The SMILES string of the molecule is COc1ccc2cc(C(=O)O[C@H](C)C(=O)N3CCCCCC3)c(C)nc2c1. The Kier molecular flexibility index (Phi) is 5.94. The number of likely N-dealkylation sites (tertiary alicyclic amines) is 1. The molecule has 2 aromatic rings. The monoisotopic (exact) mass is 370 g/mol. The van der Waals surface area contributed by atoms with Gasteiger partial charge in [-0.1, -0.05) is 12.8 Å². The normalized spacial score (nSPS) is 15.9. The van der Waals surface area contributed by atoms with Gasteiger partial charge in [-0.05, 0) is 44.9 Å². The first-order valence-electron chi connectivity index (χ1n) is 9.45. The lowest BCUT2D eigenvalue weighted by molar-refractivity contribution is -0.139. The van der Waals surface area contributed by atoms with Gasteiger partial charge in [-0.15, -0.1) is 0 Å². The largest absolute Gasteiger partial charge is 0.497 e. The van der Waals surface area contributed by atoms with E-state index in [1.54, 1.807) is 27.0 Å². The van der Waals surface area contributed by atoms with Crippen molar-refractivity contribution >= 4 is 22.8 Å². The van der Waals surface area contributed by atoms with E-state index in [0.717, 1.165) is 49.7 Å². The maximum atomic E-state index is 12.6. The zero-order chi connectivity index (χ0) is 19.4. The van der Waals surface area contributed by atoms with Crippen LogP contribution in [-0.4, -0.2) is 48.1 Å². The third-order valence-electron chi connectivity index (χ3n) is 4.98. The molecule has 0 N–H and O–H groups in total. The van der Waals surface area contributed by atoms with Gasteiger partial charge in [0.15, 0.2) is 6.10 Å². The minimum atomic E-state index is -0.804. The van der Waals surface area contributed by atoms with E-state index >= 15 is 0 Å². The molecule has 1 aromatic carbocycles. The van der Waals surface area contributed by atoms with E-state index in [1.807, 2.05) is 23.1 Å². The Morgan fingerprint density at radius 3 is 2.48 bits per heavy atom. The van der Waals surface area contributed by atoms with Gasteiger partial charge in [-0.25, -0.2) is 4.79 Å². The van der Waals surface area contributed by atoms with Crippen molar-refractivity contribution in [1.29, 1.82) is 0 Å². The number of carbonyl (C=O) groups excluding carboxylic acids is 2. The van der Waals surface area contributed by atoms with Crippen LogP contribution in [0.5, 0.6) is 5.75 Å². The number of esters is 1. The van der Waals surface area contributed by atoms with Crippen LogP contribution in [0.2, 0.25) is 0 Å². The van der Waals surface area contributed by atoms with Crippen molar-refractivity contribution in [2.75, 3.05) is 20.2 Å². The molecule has 0 aliphatic carbocycles. The Bertz CT molecular complexity index is 841. The van der Waals surface area contributed by atoms with Gasteiger partial charge in [-0.2, -0.15) is 0 Å². The van der Waals surface area contributed by atoms with Crippen LogP contribution >= 0.6 is 0 Å². The number of aromatic nitrogens is 1. The molecule has 1 aliphatic heterocycles. The average Bonchev–Trinajstić information content (AvgIpc) is 2.95. The van der Waals surface area contributed by atoms with Crippen LogP contribution in [0.3, 0.4) is 0 Å². The summed E-state index contributed by atoms with van der Waals surface area (Å²) in [7, 11) is 1.60. The lowest BCUT2D eigenvalue weighted by Crippen LogP contribution is -2.40. The van der Waals surface area contributed by atoms with Crippen LogP contribution in [0.1, 0.15) is 48.7 Å². The molecule has 6 nitrogen and oxygen atoms in total. The smallest absolute Gasteiger partial charge is 0.340 e. The first-order chi connectivity index (χ1) is 13.0. The van der Waals surface area contributed by atoms with Crippen LogP contribution in [0.25, 0.3) is 10.9 Å². The van der Waals surface area contributed by atoms with Crippen molar-refractivity contribution in [1.82, 2.24) is 9.88 Å². The highest BCUT2D eigenvalue weighted by Crippen LogP contribution is 2.22. The van der Waals surface area contributed by atoms with E-state index in [1.165, 1.54) is 0 Å². The van der Waals surface area contributed by atoms with Crippen LogP contribution < -0.4 is 4.74 Å². The van der Waals surface area contributed by atoms with Crippen molar-refractivity contribution < 1.29 is 19.1 Å². The fourth-order valence-electron chi connectivity index (χ4n) is 3.40. The molecular formula is C21H26N2O4. The predicted molar refractivity (Wildman–Crippen MR) is 103 cm³/mol. The maximum Gasteiger partial charge on any atom is 0.340 e. The zero-order valence-corrected chi connectivity index (χ0v) is 16.2. The summed E-state index contributed by atoms with van der Waals surface area (Å²) in [6.07, 6.45) is 3.49. The number of fused-ring (bicyclic) bond motifs is 1. The van der Waals surface area contributed by atoms with Gasteiger partial charge in [0, 0.05) is 24.5 Å². The highest BCUT2D eigenvalue weighted by molar-refractivity contribution is 5.96. The summed E-state index contributed by atoms with van der Waals surface area (Å²) in [5.74, 6) is 0.0659. The number of carbonyl (C=O) groups is 2. The number of benzene rings is 1. The minimum absolute atomic E-state index is 0.124. The third kappa shape index (κ3) is 4.38. The molecule has 0 spiro atoms. The van der Waals surface area contributed by atoms with Gasteiger partial charge in [0.1, 0.15) is 5.75 Å². The third-order valence-corrected chi connectivity index (χ3v) is 4.98.